The molecule has 0 saturated heterocycles. The van der Waals surface area contributed by atoms with Crippen LogP contribution in [0.4, 0.5) is 0 Å². The molecule has 1 aliphatic rings. The number of hydrogen-bond acceptors (Lipinski definition) is 3. The topological polar surface area (TPSA) is 54.3 Å². The van der Waals surface area contributed by atoms with E-state index >= 15 is 0 Å². The first-order valence-electron chi connectivity index (χ1n) is 7.35. The molecule has 106 valence electrons. The van der Waals surface area contributed by atoms with E-state index in [9.17, 15) is 4.79 Å². The van der Waals surface area contributed by atoms with E-state index in [0.29, 0.717) is 11.8 Å². The molecule has 0 bridgehead atoms. The summed E-state index contributed by atoms with van der Waals surface area (Å²) in [5.74, 6) is 1.22. The molecule has 2 N–H and O–H groups in total. The van der Waals surface area contributed by atoms with Gasteiger partial charge in [0.2, 0.25) is 0 Å². The van der Waals surface area contributed by atoms with Crippen molar-refractivity contribution in [1.29, 1.82) is 0 Å². The average molecular weight is 264 g/mol. The van der Waals surface area contributed by atoms with Crippen molar-refractivity contribution in [1.82, 2.24) is 10.6 Å². The standard InChI is InChI=1S/C15H24N2O2/c1-3-13-9-10-14(19-13)15(18)17-12-7-5-11(6-8-12)16-4-2/h9-12,16H,3-8H2,1-2H3,(H,17,18). The maximum Gasteiger partial charge on any atom is 0.287 e. The van der Waals surface area contributed by atoms with Gasteiger partial charge in [-0.15, -0.1) is 0 Å². The molecule has 1 aromatic rings. The number of nitrogens with one attached hydrogen (secondary N) is 2. The SMILES string of the molecule is CCNC1CCC(NC(=O)c2ccc(CC)o2)CC1. The van der Waals surface area contributed by atoms with Crippen molar-refractivity contribution >= 4 is 5.91 Å². The molecule has 1 heterocycles. The van der Waals surface area contributed by atoms with Crippen LogP contribution in [-0.4, -0.2) is 24.5 Å². The van der Waals surface area contributed by atoms with Crippen LogP contribution in [0, 0.1) is 0 Å². The Kier molecular flexibility index (Phi) is 5.02. The predicted molar refractivity (Wildman–Crippen MR) is 75.3 cm³/mol. The Bertz CT molecular complexity index is 406. The smallest absolute Gasteiger partial charge is 0.287 e. The van der Waals surface area contributed by atoms with Crippen molar-refractivity contribution < 1.29 is 9.21 Å². The lowest BCUT2D eigenvalue weighted by molar-refractivity contribution is 0.0894. The van der Waals surface area contributed by atoms with E-state index in [1.807, 2.05) is 13.0 Å². The lowest BCUT2D eigenvalue weighted by Gasteiger charge is -2.29. The zero-order valence-electron chi connectivity index (χ0n) is 11.9. The van der Waals surface area contributed by atoms with Gasteiger partial charge in [-0.1, -0.05) is 13.8 Å². The fraction of sp³-hybridized carbons (Fsp3) is 0.667. The third-order valence-corrected chi connectivity index (χ3v) is 3.79. The Morgan fingerprint density at radius 3 is 2.47 bits per heavy atom. The highest BCUT2D eigenvalue weighted by Gasteiger charge is 2.23. The molecule has 0 aromatic carbocycles. The van der Waals surface area contributed by atoms with Crippen LogP contribution in [0.25, 0.3) is 0 Å². The molecule has 1 fully saturated rings. The summed E-state index contributed by atoms with van der Waals surface area (Å²) in [4.78, 5) is 12.0. The van der Waals surface area contributed by atoms with Gasteiger partial charge in [-0.05, 0) is 44.4 Å². The number of furan rings is 1. The maximum atomic E-state index is 12.0. The number of hydrogen-bond donors (Lipinski definition) is 2. The Balaban J connectivity index is 1.80. The minimum absolute atomic E-state index is 0.0772. The molecule has 2 rings (SSSR count). The molecule has 0 unspecified atom stereocenters. The third kappa shape index (κ3) is 3.83. The van der Waals surface area contributed by atoms with E-state index in [0.717, 1.165) is 44.4 Å². The van der Waals surface area contributed by atoms with Crippen molar-refractivity contribution in [2.45, 2.75) is 58.0 Å². The number of carbonyl (C=O) groups excluding carboxylic acids is 1. The van der Waals surface area contributed by atoms with Crippen LogP contribution in [0.3, 0.4) is 0 Å². The largest absolute Gasteiger partial charge is 0.456 e. The first kappa shape index (κ1) is 14.1. The monoisotopic (exact) mass is 264 g/mol. The molecular weight excluding hydrogens is 240 g/mol. The van der Waals surface area contributed by atoms with E-state index in [-0.39, 0.29) is 11.9 Å². The molecule has 0 aliphatic heterocycles. The van der Waals surface area contributed by atoms with Crippen molar-refractivity contribution in [2.75, 3.05) is 6.54 Å². The lowest BCUT2D eigenvalue weighted by atomic mass is 9.91. The van der Waals surface area contributed by atoms with Gasteiger partial charge in [0.25, 0.3) is 5.91 Å². The zero-order valence-corrected chi connectivity index (χ0v) is 11.9. The molecule has 4 heteroatoms. The van der Waals surface area contributed by atoms with E-state index < -0.39 is 0 Å². The van der Waals surface area contributed by atoms with Crippen LogP contribution in [0.2, 0.25) is 0 Å². The van der Waals surface area contributed by atoms with Gasteiger partial charge in [0, 0.05) is 18.5 Å². The number of amides is 1. The highest BCUT2D eigenvalue weighted by atomic mass is 16.3. The van der Waals surface area contributed by atoms with Crippen LogP contribution >= 0.6 is 0 Å². The van der Waals surface area contributed by atoms with Crippen LogP contribution < -0.4 is 10.6 Å². The zero-order chi connectivity index (χ0) is 13.7. The predicted octanol–water partition coefficient (Wildman–Crippen LogP) is 2.49. The van der Waals surface area contributed by atoms with Gasteiger partial charge in [-0.3, -0.25) is 4.79 Å². The fourth-order valence-electron chi connectivity index (χ4n) is 2.68. The van der Waals surface area contributed by atoms with Crippen LogP contribution in [0.15, 0.2) is 16.5 Å². The van der Waals surface area contributed by atoms with Gasteiger partial charge in [-0.2, -0.15) is 0 Å². The first-order valence-corrected chi connectivity index (χ1v) is 7.35. The molecule has 1 aromatic heterocycles. The summed E-state index contributed by atoms with van der Waals surface area (Å²) in [6, 6.07) is 4.54. The molecule has 19 heavy (non-hydrogen) atoms. The van der Waals surface area contributed by atoms with Gasteiger partial charge in [0.05, 0.1) is 0 Å². The minimum atomic E-state index is -0.0772. The second-order valence-electron chi connectivity index (χ2n) is 5.20. The van der Waals surface area contributed by atoms with Gasteiger partial charge in [0.15, 0.2) is 5.76 Å². The fourth-order valence-corrected chi connectivity index (χ4v) is 2.68. The number of aryl methyl sites for hydroxylation is 1. The quantitative estimate of drug-likeness (QED) is 0.859. The molecule has 1 amide bonds. The normalized spacial score (nSPS) is 23.3. The highest BCUT2D eigenvalue weighted by molar-refractivity contribution is 5.91. The van der Waals surface area contributed by atoms with Gasteiger partial charge in [-0.25, -0.2) is 0 Å². The van der Waals surface area contributed by atoms with Gasteiger partial charge < -0.3 is 15.1 Å². The summed E-state index contributed by atoms with van der Waals surface area (Å²) in [6.45, 7) is 5.17. The second-order valence-corrected chi connectivity index (χ2v) is 5.20. The number of rotatable bonds is 5. The van der Waals surface area contributed by atoms with Crippen molar-refractivity contribution in [3.8, 4) is 0 Å². The van der Waals surface area contributed by atoms with Crippen molar-refractivity contribution in [3.05, 3.63) is 23.7 Å². The minimum Gasteiger partial charge on any atom is -0.456 e. The summed E-state index contributed by atoms with van der Waals surface area (Å²) in [5, 5.41) is 6.54. The van der Waals surface area contributed by atoms with Crippen LogP contribution in [0.5, 0.6) is 0 Å². The molecule has 0 radical (unpaired) electrons. The van der Waals surface area contributed by atoms with Crippen molar-refractivity contribution in [3.63, 3.8) is 0 Å². The Hall–Kier alpha value is -1.29. The van der Waals surface area contributed by atoms with Gasteiger partial charge in [0.1, 0.15) is 5.76 Å². The summed E-state index contributed by atoms with van der Waals surface area (Å²) in [6.07, 6.45) is 5.19. The summed E-state index contributed by atoms with van der Waals surface area (Å²) < 4.78 is 5.47. The third-order valence-electron chi connectivity index (χ3n) is 3.79. The molecule has 4 nitrogen and oxygen atoms in total. The molecule has 1 aliphatic carbocycles. The Morgan fingerprint density at radius 2 is 1.89 bits per heavy atom. The molecule has 0 atom stereocenters. The molecule has 0 spiro atoms. The summed E-state index contributed by atoms with van der Waals surface area (Å²) in [7, 11) is 0. The maximum absolute atomic E-state index is 12.0. The Labute approximate surface area is 114 Å². The number of carbonyl (C=O) groups is 1. The second kappa shape index (κ2) is 6.75. The van der Waals surface area contributed by atoms with E-state index in [4.69, 9.17) is 4.42 Å². The summed E-state index contributed by atoms with van der Waals surface area (Å²) in [5.41, 5.74) is 0. The van der Waals surface area contributed by atoms with E-state index in [1.54, 1.807) is 6.07 Å². The van der Waals surface area contributed by atoms with Crippen LogP contribution in [0.1, 0.15) is 55.8 Å². The first-order chi connectivity index (χ1) is 9.22. The van der Waals surface area contributed by atoms with E-state index in [2.05, 4.69) is 17.6 Å². The lowest BCUT2D eigenvalue weighted by Crippen LogP contribution is -2.42. The molecular formula is C15H24N2O2. The molecule has 1 saturated carbocycles. The highest BCUT2D eigenvalue weighted by Crippen LogP contribution is 2.19. The van der Waals surface area contributed by atoms with E-state index in [1.165, 1.54) is 0 Å². The average Bonchev–Trinajstić information content (AvgIpc) is 2.90. The van der Waals surface area contributed by atoms with Gasteiger partial charge >= 0.3 is 0 Å². The Morgan fingerprint density at radius 1 is 1.21 bits per heavy atom. The summed E-state index contributed by atoms with van der Waals surface area (Å²) >= 11 is 0. The van der Waals surface area contributed by atoms with Crippen molar-refractivity contribution in [2.24, 2.45) is 0 Å². The van der Waals surface area contributed by atoms with Crippen LogP contribution in [-0.2, 0) is 6.42 Å².